The summed E-state index contributed by atoms with van der Waals surface area (Å²) in [6, 6.07) is 6.16. The number of aromatic amines is 1. The van der Waals surface area contributed by atoms with Gasteiger partial charge in [-0.1, -0.05) is 6.07 Å². The van der Waals surface area contributed by atoms with E-state index in [-0.39, 0.29) is 0 Å². The number of ether oxygens (including phenoxy) is 1. The van der Waals surface area contributed by atoms with Crippen molar-refractivity contribution in [1.82, 2.24) is 9.97 Å². The summed E-state index contributed by atoms with van der Waals surface area (Å²) in [5.41, 5.74) is 8.90. The van der Waals surface area contributed by atoms with Crippen molar-refractivity contribution in [2.75, 3.05) is 6.61 Å². The number of nitrogens with zero attached hydrogens (tertiary/aromatic N) is 1. The first kappa shape index (κ1) is 12.6. The molecule has 0 amide bonds. The van der Waals surface area contributed by atoms with E-state index >= 15 is 0 Å². The molecule has 2 aromatic rings. The normalized spacial score (nSPS) is 19.9. The van der Waals surface area contributed by atoms with Gasteiger partial charge in [-0.3, -0.25) is 0 Å². The lowest BCUT2D eigenvalue weighted by Crippen LogP contribution is -2.19. The van der Waals surface area contributed by atoms with E-state index in [9.17, 15) is 0 Å². The smallest absolute Gasteiger partial charge is 0.107 e. The van der Waals surface area contributed by atoms with E-state index in [0.717, 1.165) is 41.9 Å². The van der Waals surface area contributed by atoms with Crippen molar-refractivity contribution >= 4 is 11.0 Å². The fourth-order valence-corrected chi connectivity index (χ4v) is 2.69. The highest BCUT2D eigenvalue weighted by molar-refractivity contribution is 5.75. The predicted molar refractivity (Wildman–Crippen MR) is 75.9 cm³/mol. The van der Waals surface area contributed by atoms with Gasteiger partial charge in [-0.25, -0.2) is 4.98 Å². The monoisotopic (exact) mass is 259 g/mol. The maximum atomic E-state index is 5.75. The van der Waals surface area contributed by atoms with E-state index in [4.69, 9.17) is 10.5 Å². The zero-order chi connectivity index (χ0) is 13.1. The van der Waals surface area contributed by atoms with Crippen LogP contribution in [0.15, 0.2) is 18.2 Å². The maximum absolute atomic E-state index is 5.75. The molecule has 1 aliphatic rings. The molecular weight excluding hydrogens is 238 g/mol. The van der Waals surface area contributed by atoms with Gasteiger partial charge in [0.05, 0.1) is 17.1 Å². The average Bonchev–Trinajstić information content (AvgIpc) is 2.88. The van der Waals surface area contributed by atoms with Gasteiger partial charge >= 0.3 is 0 Å². The quantitative estimate of drug-likeness (QED) is 0.886. The maximum Gasteiger partial charge on any atom is 0.107 e. The van der Waals surface area contributed by atoms with Crippen LogP contribution in [-0.2, 0) is 17.7 Å². The Morgan fingerprint density at radius 3 is 3.11 bits per heavy atom. The fourth-order valence-electron chi connectivity index (χ4n) is 2.69. The lowest BCUT2D eigenvalue weighted by Gasteiger charge is -2.21. The molecule has 102 valence electrons. The zero-order valence-electron chi connectivity index (χ0n) is 11.2. The minimum absolute atomic E-state index is 0.418. The van der Waals surface area contributed by atoms with Crippen LogP contribution in [0.25, 0.3) is 11.0 Å². The minimum atomic E-state index is 0.418. The van der Waals surface area contributed by atoms with Gasteiger partial charge in [-0.15, -0.1) is 0 Å². The van der Waals surface area contributed by atoms with Crippen molar-refractivity contribution in [2.45, 2.75) is 44.8 Å². The molecule has 0 radical (unpaired) electrons. The van der Waals surface area contributed by atoms with Gasteiger partial charge in [0.25, 0.3) is 0 Å². The third-order valence-electron chi connectivity index (χ3n) is 3.81. The number of rotatable bonds is 4. The topological polar surface area (TPSA) is 63.9 Å². The Hall–Kier alpha value is -1.39. The number of fused-ring (bicyclic) bond motifs is 1. The minimum Gasteiger partial charge on any atom is -0.378 e. The first-order valence-electron chi connectivity index (χ1n) is 7.14. The molecule has 1 atom stereocenters. The van der Waals surface area contributed by atoms with E-state index in [1.54, 1.807) is 0 Å². The lowest BCUT2D eigenvalue weighted by atomic mass is 10.0. The van der Waals surface area contributed by atoms with Crippen molar-refractivity contribution in [3.05, 3.63) is 29.6 Å². The molecule has 1 aliphatic heterocycles. The molecule has 3 N–H and O–H groups in total. The SMILES string of the molecule is NCc1ccc2nc(CCC3CCCCO3)[nH]c2c1. The van der Waals surface area contributed by atoms with Gasteiger partial charge in [0, 0.05) is 19.6 Å². The molecule has 1 aromatic carbocycles. The van der Waals surface area contributed by atoms with Gasteiger partial charge in [-0.05, 0) is 43.4 Å². The summed E-state index contributed by atoms with van der Waals surface area (Å²) in [4.78, 5) is 8.01. The van der Waals surface area contributed by atoms with Crippen LogP contribution < -0.4 is 5.73 Å². The predicted octanol–water partition coefficient (Wildman–Crippen LogP) is 2.52. The molecule has 1 unspecified atom stereocenters. The molecule has 0 bridgehead atoms. The molecule has 0 spiro atoms. The number of H-pyrrole nitrogens is 1. The molecule has 19 heavy (non-hydrogen) atoms. The highest BCUT2D eigenvalue weighted by atomic mass is 16.5. The number of benzene rings is 1. The molecule has 1 aromatic heterocycles. The van der Waals surface area contributed by atoms with E-state index < -0.39 is 0 Å². The second-order valence-electron chi connectivity index (χ2n) is 5.27. The first-order valence-corrected chi connectivity index (χ1v) is 7.14. The number of aromatic nitrogens is 2. The Morgan fingerprint density at radius 2 is 2.32 bits per heavy atom. The molecule has 1 saturated heterocycles. The highest BCUT2D eigenvalue weighted by Gasteiger charge is 2.14. The van der Waals surface area contributed by atoms with Gasteiger partial charge in [0.1, 0.15) is 5.82 Å². The molecule has 0 aliphatic carbocycles. The molecule has 4 heteroatoms. The number of nitrogens with two attached hydrogens (primary N) is 1. The largest absolute Gasteiger partial charge is 0.378 e. The fraction of sp³-hybridized carbons (Fsp3) is 0.533. The van der Waals surface area contributed by atoms with Crippen molar-refractivity contribution in [1.29, 1.82) is 0 Å². The summed E-state index contributed by atoms with van der Waals surface area (Å²) < 4.78 is 5.75. The molecular formula is C15H21N3O. The summed E-state index contributed by atoms with van der Waals surface area (Å²) in [7, 11) is 0. The van der Waals surface area contributed by atoms with Crippen molar-refractivity contribution in [2.24, 2.45) is 5.73 Å². The van der Waals surface area contributed by atoms with Gasteiger partial charge in [0.15, 0.2) is 0 Å². The van der Waals surface area contributed by atoms with Crippen LogP contribution in [0.2, 0.25) is 0 Å². The van der Waals surface area contributed by atoms with E-state index in [2.05, 4.69) is 16.0 Å². The molecule has 2 heterocycles. The number of hydrogen-bond acceptors (Lipinski definition) is 3. The summed E-state index contributed by atoms with van der Waals surface area (Å²) >= 11 is 0. The van der Waals surface area contributed by atoms with Crippen molar-refractivity contribution in [3.63, 3.8) is 0 Å². The summed E-state index contributed by atoms with van der Waals surface area (Å²) in [5, 5.41) is 0. The Labute approximate surface area is 113 Å². The van der Waals surface area contributed by atoms with Gasteiger partial charge in [-0.2, -0.15) is 0 Å². The van der Waals surface area contributed by atoms with Crippen LogP contribution in [0, 0.1) is 0 Å². The summed E-state index contributed by atoms with van der Waals surface area (Å²) in [5.74, 6) is 1.05. The third-order valence-corrected chi connectivity index (χ3v) is 3.81. The van der Waals surface area contributed by atoms with E-state index in [1.807, 2.05) is 12.1 Å². The number of aryl methyl sites for hydroxylation is 1. The summed E-state index contributed by atoms with van der Waals surface area (Å²) in [6.07, 6.45) is 6.13. The molecule has 3 rings (SSSR count). The first-order chi connectivity index (χ1) is 9.35. The Bertz CT molecular complexity index is 543. The van der Waals surface area contributed by atoms with Crippen LogP contribution >= 0.6 is 0 Å². The molecule has 1 fully saturated rings. The second kappa shape index (κ2) is 5.72. The molecule has 4 nitrogen and oxygen atoms in total. The number of imidazole rings is 1. The van der Waals surface area contributed by atoms with E-state index in [0.29, 0.717) is 12.6 Å². The molecule has 0 saturated carbocycles. The number of hydrogen-bond donors (Lipinski definition) is 2. The Morgan fingerprint density at radius 1 is 1.37 bits per heavy atom. The second-order valence-corrected chi connectivity index (χ2v) is 5.27. The van der Waals surface area contributed by atoms with Crippen LogP contribution in [-0.4, -0.2) is 22.7 Å². The highest BCUT2D eigenvalue weighted by Crippen LogP contribution is 2.19. The lowest BCUT2D eigenvalue weighted by molar-refractivity contribution is 0.0112. The van der Waals surface area contributed by atoms with Gasteiger partial charge in [0.2, 0.25) is 0 Å². The summed E-state index contributed by atoms with van der Waals surface area (Å²) in [6.45, 7) is 1.49. The van der Waals surface area contributed by atoms with E-state index in [1.165, 1.54) is 19.3 Å². The van der Waals surface area contributed by atoms with Crippen molar-refractivity contribution in [3.8, 4) is 0 Å². The zero-order valence-corrected chi connectivity index (χ0v) is 11.2. The van der Waals surface area contributed by atoms with Crippen LogP contribution in [0.1, 0.15) is 37.1 Å². The third kappa shape index (κ3) is 2.96. The number of nitrogens with one attached hydrogen (secondary N) is 1. The Kier molecular flexibility index (Phi) is 3.80. The standard InChI is InChI=1S/C15H21N3O/c16-10-11-4-6-13-14(9-11)18-15(17-13)7-5-12-3-1-2-8-19-12/h4,6,9,12H,1-3,5,7-8,10,16H2,(H,17,18). The van der Waals surface area contributed by atoms with Crippen molar-refractivity contribution < 1.29 is 4.74 Å². The van der Waals surface area contributed by atoms with Crippen LogP contribution in [0.4, 0.5) is 0 Å². The Balaban J connectivity index is 1.67. The van der Waals surface area contributed by atoms with Gasteiger partial charge < -0.3 is 15.5 Å². The van der Waals surface area contributed by atoms with Crippen LogP contribution in [0.5, 0.6) is 0 Å². The van der Waals surface area contributed by atoms with Crippen LogP contribution in [0.3, 0.4) is 0 Å². The average molecular weight is 259 g/mol.